The van der Waals surface area contributed by atoms with Gasteiger partial charge in [0, 0.05) is 11.1 Å². The second-order valence-corrected chi connectivity index (χ2v) is 13.8. The first-order valence-electron chi connectivity index (χ1n) is 19.0. The van der Waals surface area contributed by atoms with Crippen LogP contribution < -0.4 is 23.7 Å². The average Bonchev–Trinajstić information content (AvgIpc) is 3.34. The van der Waals surface area contributed by atoms with Crippen molar-refractivity contribution in [1.82, 2.24) is 0 Å². The zero-order chi connectivity index (χ0) is 50.6. The molecule has 0 amide bonds. The van der Waals surface area contributed by atoms with Crippen molar-refractivity contribution in [2.24, 2.45) is 0 Å². The number of hydrogen-bond acceptors (Lipinski definition) is 17. The van der Waals surface area contributed by atoms with E-state index in [1.165, 1.54) is 78.0 Å². The molecular weight excluding hydrogens is 940 g/mol. The van der Waals surface area contributed by atoms with E-state index in [2.05, 4.69) is 15.9 Å². The van der Waals surface area contributed by atoms with E-state index in [-0.39, 0.29) is 62.7 Å². The van der Waals surface area contributed by atoms with Crippen molar-refractivity contribution in [2.75, 3.05) is 35.5 Å². The number of aryl methyl sites for hydroxylation is 2. The molecule has 0 heterocycles. The monoisotopic (exact) mass is 988 g/mol. The quantitative estimate of drug-likeness (QED) is 0.0663. The highest BCUT2D eigenvalue weighted by Gasteiger charge is 2.11. The third kappa shape index (κ3) is 18.0. The van der Waals surface area contributed by atoms with Gasteiger partial charge in [0.25, 0.3) is 0 Å². The minimum atomic E-state index is -0.106. The second-order valence-electron chi connectivity index (χ2n) is 12.9. The molecule has 6 aromatic carbocycles. The molecule has 0 aliphatic rings. The van der Waals surface area contributed by atoms with Crippen LogP contribution >= 0.6 is 15.9 Å². The van der Waals surface area contributed by atoms with Gasteiger partial charge in [-0.3, -0.25) is 28.8 Å². The van der Waals surface area contributed by atoms with Crippen LogP contribution in [0.2, 0.25) is 0 Å². The number of carbonyl (C=O) groups excluding carboxylic acids is 6. The molecule has 0 unspecified atom stereocenters. The SMILES string of the molecule is COc1cc(C=O)cc(OC)c1O.COc1ccc(O)c(C=O)c1.COc1cccc(C=O)c1O.COc1cccc(C=O)c1O.Cc1cc(Br)c(O)c(C=O)c1.Cc1cc(C=O)ccc1O. The van der Waals surface area contributed by atoms with Gasteiger partial charge in [0.2, 0.25) is 5.75 Å². The van der Waals surface area contributed by atoms with Gasteiger partial charge in [-0.25, -0.2) is 0 Å². The molecule has 0 saturated heterocycles. The molecule has 0 aliphatic heterocycles. The minimum Gasteiger partial charge on any atom is -0.508 e. The Morgan fingerprint density at radius 3 is 1.27 bits per heavy atom. The number of halogens is 1. The lowest BCUT2D eigenvalue weighted by Crippen LogP contribution is -1.91. The van der Waals surface area contributed by atoms with Gasteiger partial charge < -0.3 is 54.3 Å². The Labute approximate surface area is 394 Å². The molecule has 6 rings (SSSR count). The average molecular weight is 990 g/mol. The van der Waals surface area contributed by atoms with Crippen LogP contribution in [0.3, 0.4) is 0 Å². The molecule has 0 aromatic heterocycles. The Morgan fingerprint density at radius 1 is 0.403 bits per heavy atom. The lowest BCUT2D eigenvalue weighted by atomic mass is 10.1. The molecule has 0 aliphatic carbocycles. The number of carbonyl (C=O) groups is 6. The highest BCUT2D eigenvalue weighted by atomic mass is 79.9. The summed E-state index contributed by atoms with van der Waals surface area (Å²) in [4.78, 5) is 61.8. The Hall–Kier alpha value is -8.38. The Kier molecular flexibility index (Phi) is 25.3. The van der Waals surface area contributed by atoms with E-state index in [1.54, 1.807) is 61.5 Å². The Balaban J connectivity index is 0.000000403. The van der Waals surface area contributed by atoms with Crippen molar-refractivity contribution in [3.8, 4) is 63.2 Å². The van der Waals surface area contributed by atoms with Crippen molar-refractivity contribution in [2.45, 2.75) is 13.8 Å². The van der Waals surface area contributed by atoms with Gasteiger partial charge in [-0.15, -0.1) is 0 Å². The van der Waals surface area contributed by atoms with E-state index >= 15 is 0 Å². The summed E-state index contributed by atoms with van der Waals surface area (Å²) >= 11 is 3.13. The third-order valence-electron chi connectivity index (χ3n) is 8.48. The molecule has 0 spiro atoms. The molecule has 0 radical (unpaired) electrons. The third-order valence-corrected chi connectivity index (χ3v) is 9.08. The van der Waals surface area contributed by atoms with E-state index in [1.807, 2.05) is 6.92 Å². The van der Waals surface area contributed by atoms with Crippen molar-refractivity contribution >= 4 is 53.6 Å². The molecule has 0 fully saturated rings. The van der Waals surface area contributed by atoms with Crippen LogP contribution in [0, 0.1) is 13.8 Å². The number of phenolic OH excluding ortho intramolecular Hbond substituents is 6. The van der Waals surface area contributed by atoms with Crippen LogP contribution in [-0.4, -0.2) is 104 Å². The molecule has 6 N–H and O–H groups in total. The summed E-state index contributed by atoms with van der Waals surface area (Å²) in [5, 5.41) is 55.2. The molecule has 6 aromatic rings. The molecule has 0 bridgehead atoms. The van der Waals surface area contributed by atoms with Crippen LogP contribution in [0.1, 0.15) is 73.3 Å². The van der Waals surface area contributed by atoms with Gasteiger partial charge in [-0.2, -0.15) is 0 Å². The van der Waals surface area contributed by atoms with Gasteiger partial charge in [0.05, 0.1) is 62.3 Å². The summed E-state index contributed by atoms with van der Waals surface area (Å²) in [6.07, 6.45) is 3.79. The van der Waals surface area contributed by atoms with E-state index in [0.29, 0.717) is 69.8 Å². The first-order chi connectivity index (χ1) is 32.0. The van der Waals surface area contributed by atoms with Crippen molar-refractivity contribution < 1.29 is 83.1 Å². The van der Waals surface area contributed by atoms with Crippen molar-refractivity contribution in [3.05, 3.63) is 146 Å². The predicted molar refractivity (Wildman–Crippen MR) is 251 cm³/mol. The predicted octanol–water partition coefficient (Wildman–Crippen LogP) is 8.65. The maximum atomic E-state index is 10.5. The fourth-order valence-electron chi connectivity index (χ4n) is 4.94. The van der Waals surface area contributed by atoms with Gasteiger partial charge in [0.1, 0.15) is 35.6 Å². The highest BCUT2D eigenvalue weighted by Crippen LogP contribution is 2.36. The van der Waals surface area contributed by atoms with Crippen LogP contribution in [0.5, 0.6) is 63.2 Å². The number of aromatic hydroxyl groups is 6. The molecule has 17 nitrogen and oxygen atoms in total. The zero-order valence-corrected chi connectivity index (χ0v) is 38.8. The maximum absolute atomic E-state index is 10.5. The smallest absolute Gasteiger partial charge is 0.200 e. The van der Waals surface area contributed by atoms with Gasteiger partial charge in [-0.1, -0.05) is 12.1 Å². The first-order valence-corrected chi connectivity index (χ1v) is 19.8. The lowest BCUT2D eigenvalue weighted by Gasteiger charge is -2.08. The van der Waals surface area contributed by atoms with Crippen LogP contribution in [0.25, 0.3) is 0 Å². The van der Waals surface area contributed by atoms with Crippen LogP contribution in [-0.2, 0) is 0 Å². The van der Waals surface area contributed by atoms with E-state index in [4.69, 9.17) is 33.9 Å². The summed E-state index contributed by atoms with van der Waals surface area (Å²) in [5.74, 6) is 1.53. The summed E-state index contributed by atoms with van der Waals surface area (Å²) in [7, 11) is 7.18. The lowest BCUT2D eigenvalue weighted by molar-refractivity contribution is 0.111. The summed E-state index contributed by atoms with van der Waals surface area (Å²) < 4.78 is 24.6. The molecule has 354 valence electrons. The molecular formula is C49H49BrO17. The second kappa shape index (κ2) is 29.9. The Bertz CT molecular complexity index is 2500. The topological polar surface area (TPSA) is 270 Å². The number of aldehydes is 6. The van der Waals surface area contributed by atoms with Crippen molar-refractivity contribution in [3.63, 3.8) is 0 Å². The number of hydrogen-bond donors (Lipinski definition) is 6. The number of phenols is 6. The minimum absolute atomic E-state index is 0.00519. The van der Waals surface area contributed by atoms with Crippen molar-refractivity contribution in [1.29, 1.82) is 0 Å². The normalized spacial score (nSPS) is 9.31. The largest absolute Gasteiger partial charge is 0.508 e. The number of benzene rings is 6. The molecule has 0 atom stereocenters. The summed E-state index contributed by atoms with van der Waals surface area (Å²) in [6.45, 7) is 3.61. The first kappa shape index (κ1) is 56.6. The standard InChI is InChI=1S/C9H10O4.C8H7BrO2.3C8H8O3.C8H8O2/c1-12-7-3-6(5-10)4-8(13-2)9(7)11;1-5-2-6(4-10)8(11)7(9)3-5;1-11-7-2-3-8(10)6(4-7)5-9;2*1-11-7-4-2-3-6(5-9)8(7)10;1-6-4-7(5-9)2-3-8(6)10/h3-5,11H,1-2H3;2-4,11H,1H3;3*2-5,10H,1H3;2-5,10H,1H3. The molecule has 18 heteroatoms. The van der Waals surface area contributed by atoms with E-state index < -0.39 is 0 Å². The fraction of sp³-hybridized carbons (Fsp3) is 0.143. The van der Waals surface area contributed by atoms with Crippen LogP contribution in [0.4, 0.5) is 0 Å². The van der Waals surface area contributed by atoms with Gasteiger partial charge >= 0.3 is 0 Å². The number of rotatable bonds is 11. The molecule has 67 heavy (non-hydrogen) atoms. The van der Waals surface area contributed by atoms with E-state index in [9.17, 15) is 49.2 Å². The zero-order valence-electron chi connectivity index (χ0n) is 37.3. The van der Waals surface area contributed by atoms with Gasteiger partial charge in [0.15, 0.2) is 59.6 Å². The summed E-state index contributed by atoms with van der Waals surface area (Å²) in [6, 6.07) is 25.0. The summed E-state index contributed by atoms with van der Waals surface area (Å²) in [5.41, 5.74) is 3.69. The fourth-order valence-corrected chi connectivity index (χ4v) is 5.53. The molecule has 0 saturated carbocycles. The number of methoxy groups -OCH3 is 5. The highest BCUT2D eigenvalue weighted by molar-refractivity contribution is 9.10. The van der Waals surface area contributed by atoms with E-state index in [0.717, 1.165) is 17.4 Å². The Morgan fingerprint density at radius 2 is 0.866 bits per heavy atom. The maximum Gasteiger partial charge on any atom is 0.200 e. The van der Waals surface area contributed by atoms with Crippen LogP contribution in [0.15, 0.2) is 102 Å². The number of ether oxygens (including phenoxy) is 5. The number of para-hydroxylation sites is 2. The van der Waals surface area contributed by atoms with Gasteiger partial charge in [-0.05, 0) is 126 Å².